The molecule has 3 N–H and O–H groups in total. The highest BCUT2D eigenvalue weighted by molar-refractivity contribution is 7.07. The topological polar surface area (TPSA) is 90.1 Å². The molecular weight excluding hydrogens is 252 g/mol. The van der Waals surface area contributed by atoms with Crippen LogP contribution in [0.5, 0.6) is 5.75 Å². The summed E-state index contributed by atoms with van der Waals surface area (Å²) in [5, 5.41) is 6.37. The van der Waals surface area contributed by atoms with Crippen molar-refractivity contribution >= 4 is 23.1 Å². The fourth-order valence-corrected chi connectivity index (χ4v) is 1.90. The molecule has 1 aromatic heterocycles. The van der Waals surface area contributed by atoms with E-state index < -0.39 is 0 Å². The lowest BCUT2D eigenvalue weighted by atomic mass is 10.1. The van der Waals surface area contributed by atoms with Crippen LogP contribution in [0.1, 0.15) is 15.2 Å². The lowest BCUT2D eigenvalue weighted by molar-refractivity contribution is 0.0954. The quantitative estimate of drug-likeness (QED) is 0.806. The van der Waals surface area contributed by atoms with Crippen molar-refractivity contribution in [2.75, 3.05) is 12.8 Å². The minimum atomic E-state index is -0.213. The zero-order valence-electron chi connectivity index (χ0n) is 9.71. The van der Waals surface area contributed by atoms with Crippen molar-refractivity contribution in [1.29, 1.82) is 0 Å². The van der Waals surface area contributed by atoms with Gasteiger partial charge in [-0.15, -0.1) is 5.10 Å². The molecule has 0 radical (unpaired) electrons. The largest absolute Gasteiger partial charge is 0.496 e. The van der Waals surface area contributed by atoms with E-state index in [9.17, 15) is 4.79 Å². The van der Waals surface area contributed by atoms with E-state index in [4.69, 9.17) is 10.5 Å². The maximum Gasteiger partial charge on any atom is 0.264 e. The van der Waals surface area contributed by atoms with Crippen LogP contribution in [0.4, 0.5) is 5.69 Å². The lowest BCUT2D eigenvalue weighted by Crippen LogP contribution is -2.22. The van der Waals surface area contributed by atoms with Gasteiger partial charge in [0.05, 0.1) is 13.3 Å². The number of carbonyl (C=O) groups is 1. The van der Waals surface area contributed by atoms with Gasteiger partial charge in [0, 0.05) is 17.8 Å². The van der Waals surface area contributed by atoms with Crippen LogP contribution >= 0.6 is 11.5 Å². The first-order valence-corrected chi connectivity index (χ1v) is 5.96. The molecule has 0 spiro atoms. The van der Waals surface area contributed by atoms with Gasteiger partial charge in [-0.25, -0.2) is 0 Å². The molecule has 0 saturated carbocycles. The number of hydrogen-bond acceptors (Lipinski definition) is 6. The van der Waals surface area contributed by atoms with Crippen LogP contribution in [0.25, 0.3) is 0 Å². The van der Waals surface area contributed by atoms with Gasteiger partial charge in [-0.2, -0.15) is 0 Å². The first kappa shape index (κ1) is 12.3. The standard InChI is InChI=1S/C11H12N4O2S/c1-17-9-3-2-8(12)4-7(9)5-13-11(16)10-6-14-15-18-10/h2-4,6H,5,12H2,1H3,(H,13,16). The minimum Gasteiger partial charge on any atom is -0.496 e. The number of aromatic nitrogens is 2. The van der Waals surface area contributed by atoms with Gasteiger partial charge in [-0.3, -0.25) is 4.79 Å². The van der Waals surface area contributed by atoms with Crippen LogP contribution in [0.3, 0.4) is 0 Å². The second-order valence-electron chi connectivity index (χ2n) is 3.54. The molecule has 18 heavy (non-hydrogen) atoms. The van der Waals surface area contributed by atoms with Crippen LogP contribution in [-0.2, 0) is 6.54 Å². The van der Waals surface area contributed by atoms with Crippen molar-refractivity contribution in [2.24, 2.45) is 0 Å². The Bertz CT molecular complexity index is 542. The lowest BCUT2D eigenvalue weighted by Gasteiger charge is -2.09. The van der Waals surface area contributed by atoms with Crippen LogP contribution in [0.15, 0.2) is 24.4 Å². The van der Waals surface area contributed by atoms with Crippen molar-refractivity contribution in [1.82, 2.24) is 14.9 Å². The SMILES string of the molecule is COc1ccc(N)cc1CNC(=O)c1cnns1. The second-order valence-corrected chi connectivity index (χ2v) is 4.32. The number of nitrogens with one attached hydrogen (secondary N) is 1. The Labute approximate surface area is 108 Å². The van der Waals surface area contributed by atoms with Crippen molar-refractivity contribution in [2.45, 2.75) is 6.54 Å². The van der Waals surface area contributed by atoms with Gasteiger partial charge >= 0.3 is 0 Å². The highest BCUT2D eigenvalue weighted by Crippen LogP contribution is 2.20. The molecule has 1 heterocycles. The summed E-state index contributed by atoms with van der Waals surface area (Å²) in [5.41, 5.74) is 7.14. The first-order chi connectivity index (χ1) is 8.70. The molecule has 1 amide bonds. The number of benzene rings is 1. The molecule has 7 heteroatoms. The third-order valence-electron chi connectivity index (χ3n) is 2.33. The summed E-state index contributed by atoms with van der Waals surface area (Å²) in [6.45, 7) is 0.338. The number of anilines is 1. The molecule has 0 unspecified atom stereocenters. The summed E-state index contributed by atoms with van der Waals surface area (Å²) in [5.74, 6) is 0.474. The Balaban J connectivity index is 2.06. The summed E-state index contributed by atoms with van der Waals surface area (Å²) in [6.07, 6.45) is 1.43. The highest BCUT2D eigenvalue weighted by atomic mass is 32.1. The summed E-state index contributed by atoms with van der Waals surface area (Å²) >= 11 is 1.05. The van der Waals surface area contributed by atoms with E-state index in [1.54, 1.807) is 25.3 Å². The number of amides is 1. The zero-order valence-corrected chi connectivity index (χ0v) is 10.5. The summed E-state index contributed by atoms with van der Waals surface area (Å²) in [6, 6.07) is 5.28. The van der Waals surface area contributed by atoms with Gasteiger partial charge in [0.25, 0.3) is 5.91 Å². The minimum absolute atomic E-state index is 0.213. The molecule has 94 valence electrons. The molecule has 0 aliphatic carbocycles. The van der Waals surface area contributed by atoms with Gasteiger partial charge in [0.15, 0.2) is 0 Å². The fourth-order valence-electron chi connectivity index (χ4n) is 1.47. The number of nitrogen functional groups attached to an aromatic ring is 1. The fraction of sp³-hybridized carbons (Fsp3) is 0.182. The number of carbonyl (C=O) groups excluding carboxylic acids is 1. The van der Waals surface area contributed by atoms with Gasteiger partial charge in [0.1, 0.15) is 10.6 Å². The Hall–Kier alpha value is -2.15. The van der Waals surface area contributed by atoms with E-state index in [1.807, 2.05) is 0 Å². The van der Waals surface area contributed by atoms with Crippen LogP contribution in [-0.4, -0.2) is 22.6 Å². The molecular formula is C11H12N4O2S. The molecule has 1 aromatic carbocycles. The van der Waals surface area contributed by atoms with E-state index in [2.05, 4.69) is 14.9 Å². The average molecular weight is 264 g/mol. The number of nitrogens with two attached hydrogens (primary N) is 1. The van der Waals surface area contributed by atoms with E-state index in [-0.39, 0.29) is 5.91 Å². The number of ether oxygens (including phenoxy) is 1. The third-order valence-corrected chi connectivity index (χ3v) is 2.99. The summed E-state index contributed by atoms with van der Waals surface area (Å²) in [4.78, 5) is 12.2. The third kappa shape index (κ3) is 2.75. The van der Waals surface area contributed by atoms with Crippen LogP contribution < -0.4 is 15.8 Å². The predicted molar refractivity (Wildman–Crippen MR) is 68.5 cm³/mol. The molecule has 0 fully saturated rings. The smallest absolute Gasteiger partial charge is 0.264 e. The molecule has 0 aliphatic rings. The Morgan fingerprint density at radius 1 is 1.56 bits per heavy atom. The monoisotopic (exact) mass is 264 g/mol. The molecule has 6 nitrogen and oxygen atoms in total. The predicted octanol–water partition coefficient (Wildman–Crippen LogP) is 1.06. The average Bonchev–Trinajstić information content (AvgIpc) is 2.90. The van der Waals surface area contributed by atoms with Gasteiger partial charge < -0.3 is 15.8 Å². The molecule has 0 atom stereocenters. The number of methoxy groups -OCH3 is 1. The van der Waals surface area contributed by atoms with Gasteiger partial charge in [-0.05, 0) is 29.7 Å². The maximum absolute atomic E-state index is 11.7. The Morgan fingerprint density at radius 3 is 3.06 bits per heavy atom. The number of rotatable bonds is 4. The summed E-state index contributed by atoms with van der Waals surface area (Å²) < 4.78 is 8.83. The zero-order chi connectivity index (χ0) is 13.0. The highest BCUT2D eigenvalue weighted by Gasteiger charge is 2.09. The second kappa shape index (κ2) is 5.46. The van der Waals surface area contributed by atoms with Gasteiger partial charge in [-0.1, -0.05) is 4.49 Å². The van der Waals surface area contributed by atoms with E-state index in [1.165, 1.54) is 6.20 Å². The maximum atomic E-state index is 11.7. The number of hydrogen-bond donors (Lipinski definition) is 2. The van der Waals surface area contributed by atoms with Crippen LogP contribution in [0, 0.1) is 0 Å². The van der Waals surface area contributed by atoms with Crippen molar-refractivity contribution in [3.63, 3.8) is 0 Å². The normalized spacial score (nSPS) is 10.1. The van der Waals surface area contributed by atoms with Crippen molar-refractivity contribution < 1.29 is 9.53 Å². The van der Waals surface area contributed by atoms with Crippen molar-refractivity contribution in [3.8, 4) is 5.75 Å². The molecule has 0 aliphatic heterocycles. The first-order valence-electron chi connectivity index (χ1n) is 5.18. The van der Waals surface area contributed by atoms with Crippen LogP contribution in [0.2, 0.25) is 0 Å². The summed E-state index contributed by atoms with van der Waals surface area (Å²) in [7, 11) is 1.57. The number of nitrogens with zero attached hydrogens (tertiary/aromatic N) is 2. The van der Waals surface area contributed by atoms with E-state index >= 15 is 0 Å². The van der Waals surface area contributed by atoms with Crippen molar-refractivity contribution in [3.05, 3.63) is 34.8 Å². The van der Waals surface area contributed by atoms with E-state index in [0.29, 0.717) is 22.9 Å². The van der Waals surface area contributed by atoms with E-state index in [0.717, 1.165) is 17.1 Å². The molecule has 2 rings (SSSR count). The molecule has 0 saturated heterocycles. The Kier molecular flexibility index (Phi) is 3.73. The Morgan fingerprint density at radius 2 is 2.39 bits per heavy atom. The molecule has 2 aromatic rings. The molecule has 0 bridgehead atoms. The van der Waals surface area contributed by atoms with Gasteiger partial charge in [0.2, 0.25) is 0 Å².